The van der Waals surface area contributed by atoms with Crippen LogP contribution in [0.2, 0.25) is 5.04 Å². The van der Waals surface area contributed by atoms with Crippen molar-refractivity contribution in [1.82, 2.24) is 0 Å². The summed E-state index contributed by atoms with van der Waals surface area (Å²) in [4.78, 5) is 0. The molecule has 1 atom stereocenters. The lowest BCUT2D eigenvalue weighted by Gasteiger charge is -2.42. The maximum absolute atomic E-state index is 10.6. The van der Waals surface area contributed by atoms with E-state index < -0.39 is 14.4 Å². The van der Waals surface area contributed by atoms with Crippen molar-refractivity contribution in [1.29, 1.82) is 0 Å². The topological polar surface area (TPSA) is 47.9 Å². The molecule has 0 saturated heterocycles. The highest BCUT2D eigenvalue weighted by molar-refractivity contribution is 6.99. The normalized spacial score (nSPS) is 14.6. The number of hydrogen-bond acceptors (Lipinski definition) is 4. The van der Waals surface area contributed by atoms with E-state index in [0.29, 0.717) is 18.1 Å². The predicted octanol–water partition coefficient (Wildman–Crippen LogP) is 4.58. The van der Waals surface area contributed by atoms with Crippen LogP contribution in [-0.4, -0.2) is 26.8 Å². The lowest BCUT2D eigenvalue weighted by Crippen LogP contribution is -2.66. The highest BCUT2D eigenvalue weighted by Crippen LogP contribution is 2.37. The number of hydrogen-bond donors (Lipinski definition) is 1. The highest BCUT2D eigenvalue weighted by Gasteiger charge is 2.49. The molecular formula is C27H30O4Si. The SMILES string of the molecule is CC(C)(C)[Si](OC/C=C/C(O)c1ccc2c(c1)OCO2)(c1ccccc1)c1ccccc1. The van der Waals surface area contributed by atoms with Gasteiger partial charge in [0.1, 0.15) is 0 Å². The molecule has 0 aromatic heterocycles. The maximum Gasteiger partial charge on any atom is 0.261 e. The Balaban J connectivity index is 1.58. The third-order valence-electron chi connectivity index (χ3n) is 5.87. The fourth-order valence-electron chi connectivity index (χ4n) is 4.33. The van der Waals surface area contributed by atoms with Crippen LogP contribution in [0.4, 0.5) is 0 Å². The molecule has 0 spiro atoms. The Morgan fingerprint density at radius 1 is 0.906 bits per heavy atom. The van der Waals surface area contributed by atoms with E-state index in [2.05, 4.69) is 69.3 Å². The molecule has 1 unspecified atom stereocenters. The summed E-state index contributed by atoms with van der Waals surface area (Å²) in [6, 6.07) is 26.6. The van der Waals surface area contributed by atoms with Crippen LogP contribution in [0, 0.1) is 0 Å². The first-order chi connectivity index (χ1) is 15.4. The summed E-state index contributed by atoms with van der Waals surface area (Å²) in [7, 11) is -2.58. The maximum atomic E-state index is 10.6. The molecule has 32 heavy (non-hydrogen) atoms. The van der Waals surface area contributed by atoms with Crippen LogP contribution in [0.3, 0.4) is 0 Å². The van der Waals surface area contributed by atoms with E-state index in [1.807, 2.05) is 36.4 Å². The summed E-state index contributed by atoms with van der Waals surface area (Å²) in [5.41, 5.74) is 0.760. The molecule has 0 aliphatic carbocycles. The second-order valence-corrected chi connectivity index (χ2v) is 13.3. The summed E-state index contributed by atoms with van der Waals surface area (Å²) < 4.78 is 17.6. The molecule has 0 fully saturated rings. The molecule has 1 N–H and O–H groups in total. The fourth-order valence-corrected chi connectivity index (χ4v) is 8.83. The van der Waals surface area contributed by atoms with Crippen molar-refractivity contribution in [3.05, 3.63) is 96.6 Å². The molecule has 0 bridgehead atoms. The molecule has 3 aromatic carbocycles. The van der Waals surface area contributed by atoms with Gasteiger partial charge in [-0.05, 0) is 33.1 Å². The molecular weight excluding hydrogens is 416 g/mol. The molecule has 0 radical (unpaired) electrons. The van der Waals surface area contributed by atoms with Crippen molar-refractivity contribution in [2.24, 2.45) is 0 Å². The zero-order chi connectivity index (χ0) is 22.6. The average Bonchev–Trinajstić information content (AvgIpc) is 3.27. The summed E-state index contributed by atoms with van der Waals surface area (Å²) in [6.07, 6.45) is 2.94. The van der Waals surface area contributed by atoms with Gasteiger partial charge in [0.25, 0.3) is 8.32 Å². The summed E-state index contributed by atoms with van der Waals surface area (Å²) in [5, 5.41) is 13.0. The molecule has 0 amide bonds. The third-order valence-corrected chi connectivity index (χ3v) is 10.9. The van der Waals surface area contributed by atoms with E-state index >= 15 is 0 Å². The number of aliphatic hydroxyl groups is 1. The van der Waals surface area contributed by atoms with Crippen LogP contribution in [0.15, 0.2) is 91.0 Å². The van der Waals surface area contributed by atoms with Gasteiger partial charge in [0.15, 0.2) is 11.5 Å². The molecule has 3 aromatic rings. The van der Waals surface area contributed by atoms with Gasteiger partial charge in [0.2, 0.25) is 6.79 Å². The molecule has 0 saturated carbocycles. The Hall–Kier alpha value is -2.86. The van der Waals surface area contributed by atoms with E-state index in [1.165, 1.54) is 10.4 Å². The molecule has 166 valence electrons. The van der Waals surface area contributed by atoms with Gasteiger partial charge in [0, 0.05) is 0 Å². The van der Waals surface area contributed by atoms with Crippen molar-refractivity contribution < 1.29 is 19.0 Å². The molecule has 4 nitrogen and oxygen atoms in total. The summed E-state index contributed by atoms with van der Waals surface area (Å²) in [6.45, 7) is 7.39. The van der Waals surface area contributed by atoms with Gasteiger partial charge in [-0.15, -0.1) is 0 Å². The van der Waals surface area contributed by atoms with E-state index in [9.17, 15) is 5.11 Å². The minimum absolute atomic E-state index is 0.0838. The average molecular weight is 447 g/mol. The van der Waals surface area contributed by atoms with Gasteiger partial charge < -0.3 is 19.0 Å². The van der Waals surface area contributed by atoms with Crippen LogP contribution < -0.4 is 19.8 Å². The largest absolute Gasteiger partial charge is 0.454 e. The molecule has 1 aliphatic rings. The Morgan fingerprint density at radius 3 is 2.09 bits per heavy atom. The predicted molar refractivity (Wildman–Crippen MR) is 130 cm³/mol. The summed E-state index contributed by atoms with van der Waals surface area (Å²) >= 11 is 0. The number of rotatable bonds is 7. The molecule has 1 aliphatic heterocycles. The first kappa shape index (κ1) is 22.3. The van der Waals surface area contributed by atoms with Crippen molar-refractivity contribution in [2.45, 2.75) is 31.9 Å². The van der Waals surface area contributed by atoms with Crippen molar-refractivity contribution in [2.75, 3.05) is 13.4 Å². The third kappa shape index (κ3) is 4.37. The Kier molecular flexibility index (Phi) is 6.51. The van der Waals surface area contributed by atoms with Gasteiger partial charge >= 0.3 is 0 Å². The molecule has 4 rings (SSSR count). The highest BCUT2D eigenvalue weighted by atomic mass is 28.4. The molecule has 1 heterocycles. The first-order valence-electron chi connectivity index (χ1n) is 10.9. The smallest absolute Gasteiger partial charge is 0.261 e. The Morgan fingerprint density at radius 2 is 1.50 bits per heavy atom. The van der Waals surface area contributed by atoms with Gasteiger partial charge in [0.05, 0.1) is 12.7 Å². The standard InChI is InChI=1S/C27H30O4Si/c1-27(2,3)32(22-11-6-4-7-12-22,23-13-8-5-9-14-23)31-18-10-15-24(28)21-16-17-25-26(19-21)30-20-29-25/h4-17,19,24,28H,18,20H2,1-3H3/b15-10+. The minimum atomic E-state index is -2.58. The lowest BCUT2D eigenvalue weighted by molar-refractivity contribution is 0.173. The number of fused-ring (bicyclic) bond motifs is 1. The van der Waals surface area contributed by atoms with Crippen LogP contribution >= 0.6 is 0 Å². The quantitative estimate of drug-likeness (QED) is 0.426. The first-order valence-corrected chi connectivity index (χ1v) is 12.8. The monoisotopic (exact) mass is 446 g/mol. The number of benzene rings is 3. The van der Waals surface area contributed by atoms with Crippen LogP contribution in [-0.2, 0) is 4.43 Å². The van der Waals surface area contributed by atoms with Gasteiger partial charge in [-0.25, -0.2) is 0 Å². The van der Waals surface area contributed by atoms with Gasteiger partial charge in [-0.1, -0.05) is 99.7 Å². The Bertz CT molecular complexity index is 1020. The fraction of sp³-hybridized carbons (Fsp3) is 0.259. The molecule has 5 heteroatoms. The van der Waals surface area contributed by atoms with Crippen LogP contribution in [0.5, 0.6) is 11.5 Å². The van der Waals surface area contributed by atoms with Gasteiger partial charge in [-0.3, -0.25) is 0 Å². The zero-order valence-corrected chi connectivity index (χ0v) is 19.8. The summed E-state index contributed by atoms with van der Waals surface area (Å²) in [5.74, 6) is 1.37. The van der Waals surface area contributed by atoms with Crippen molar-refractivity contribution in [3.63, 3.8) is 0 Å². The van der Waals surface area contributed by atoms with E-state index in [-0.39, 0.29) is 11.8 Å². The van der Waals surface area contributed by atoms with E-state index in [0.717, 1.165) is 5.56 Å². The second-order valence-electron chi connectivity index (χ2n) is 8.96. The number of aliphatic hydroxyl groups excluding tert-OH is 1. The number of ether oxygens (including phenoxy) is 2. The van der Waals surface area contributed by atoms with Gasteiger partial charge in [-0.2, -0.15) is 0 Å². The Labute approximate surface area is 191 Å². The van der Waals surface area contributed by atoms with Crippen LogP contribution in [0.25, 0.3) is 0 Å². The van der Waals surface area contributed by atoms with Crippen molar-refractivity contribution >= 4 is 18.7 Å². The lowest BCUT2D eigenvalue weighted by atomic mass is 10.1. The zero-order valence-electron chi connectivity index (χ0n) is 18.8. The van der Waals surface area contributed by atoms with E-state index in [4.69, 9.17) is 13.9 Å². The second kappa shape index (κ2) is 9.33. The van der Waals surface area contributed by atoms with Crippen molar-refractivity contribution in [3.8, 4) is 11.5 Å². The minimum Gasteiger partial charge on any atom is -0.454 e. The van der Waals surface area contributed by atoms with E-state index in [1.54, 1.807) is 6.08 Å². The van der Waals surface area contributed by atoms with Crippen LogP contribution in [0.1, 0.15) is 32.4 Å².